The van der Waals surface area contributed by atoms with Crippen LogP contribution in [0.1, 0.15) is 25.8 Å². The minimum absolute atomic E-state index is 0.0372. The fourth-order valence-electron chi connectivity index (χ4n) is 2.32. The van der Waals surface area contributed by atoms with E-state index in [1.54, 1.807) is 0 Å². The van der Waals surface area contributed by atoms with Crippen molar-refractivity contribution in [3.63, 3.8) is 0 Å². The predicted molar refractivity (Wildman–Crippen MR) is 78.2 cm³/mol. The van der Waals surface area contributed by atoms with Crippen molar-refractivity contribution in [2.24, 2.45) is 0 Å². The lowest BCUT2D eigenvalue weighted by Gasteiger charge is -2.37. The maximum Gasteiger partial charge on any atom is 0.186 e. The standard InChI is InChI=1S/C15H20O4S/c1-10-15(20-11(2)16)13(8-14(17)19-10)18-9-12-6-4-3-5-7-12/h3-7,10,13-15,17H,8-9H2,1-2H3/t10-,13+,14?,15-/m1/s1. The Kier molecular flexibility index (Phi) is 5.60. The van der Waals surface area contributed by atoms with Gasteiger partial charge in [0.25, 0.3) is 0 Å². The van der Waals surface area contributed by atoms with Crippen molar-refractivity contribution in [2.75, 3.05) is 0 Å². The van der Waals surface area contributed by atoms with Crippen LogP contribution in [0.15, 0.2) is 30.3 Å². The van der Waals surface area contributed by atoms with E-state index in [2.05, 4.69) is 0 Å². The summed E-state index contributed by atoms with van der Waals surface area (Å²) in [5.41, 5.74) is 1.08. The lowest BCUT2D eigenvalue weighted by atomic mass is 10.1. The van der Waals surface area contributed by atoms with Gasteiger partial charge in [-0.2, -0.15) is 0 Å². The van der Waals surface area contributed by atoms with Crippen LogP contribution in [-0.4, -0.2) is 34.0 Å². The Morgan fingerprint density at radius 2 is 2.15 bits per heavy atom. The summed E-state index contributed by atoms with van der Waals surface area (Å²) >= 11 is 1.23. The molecule has 2 rings (SSSR count). The van der Waals surface area contributed by atoms with Crippen LogP contribution in [0.25, 0.3) is 0 Å². The molecule has 1 heterocycles. The average molecular weight is 296 g/mol. The molecule has 0 bridgehead atoms. The van der Waals surface area contributed by atoms with Crippen LogP contribution in [0, 0.1) is 0 Å². The fourth-order valence-corrected chi connectivity index (χ4v) is 3.30. The summed E-state index contributed by atoms with van der Waals surface area (Å²) < 4.78 is 11.3. The number of hydrogen-bond acceptors (Lipinski definition) is 5. The minimum Gasteiger partial charge on any atom is -0.372 e. The number of aliphatic hydroxyl groups is 1. The number of carbonyl (C=O) groups excluding carboxylic acids is 1. The van der Waals surface area contributed by atoms with Crippen molar-refractivity contribution in [2.45, 2.75) is 50.6 Å². The van der Waals surface area contributed by atoms with Crippen LogP contribution in [0.4, 0.5) is 0 Å². The number of hydrogen-bond donors (Lipinski definition) is 1. The molecular weight excluding hydrogens is 276 g/mol. The number of benzene rings is 1. The highest BCUT2D eigenvalue weighted by molar-refractivity contribution is 8.14. The van der Waals surface area contributed by atoms with E-state index in [9.17, 15) is 9.90 Å². The first-order chi connectivity index (χ1) is 9.56. The van der Waals surface area contributed by atoms with Crippen LogP contribution in [-0.2, 0) is 20.9 Å². The molecule has 20 heavy (non-hydrogen) atoms. The molecule has 1 unspecified atom stereocenters. The highest BCUT2D eigenvalue weighted by Crippen LogP contribution is 2.31. The molecule has 0 amide bonds. The van der Waals surface area contributed by atoms with Crippen molar-refractivity contribution in [1.82, 2.24) is 0 Å². The quantitative estimate of drug-likeness (QED) is 0.924. The van der Waals surface area contributed by atoms with Crippen molar-refractivity contribution in [1.29, 1.82) is 0 Å². The summed E-state index contributed by atoms with van der Waals surface area (Å²) in [6, 6.07) is 9.86. The number of ether oxygens (including phenoxy) is 2. The number of carbonyl (C=O) groups is 1. The Labute approximate surface area is 123 Å². The van der Waals surface area contributed by atoms with E-state index in [4.69, 9.17) is 9.47 Å². The molecule has 1 aliphatic heterocycles. The van der Waals surface area contributed by atoms with E-state index in [1.807, 2.05) is 37.3 Å². The lowest BCUT2D eigenvalue weighted by molar-refractivity contribution is -0.190. The molecule has 1 fully saturated rings. The second-order valence-electron chi connectivity index (χ2n) is 4.94. The van der Waals surface area contributed by atoms with Gasteiger partial charge >= 0.3 is 0 Å². The van der Waals surface area contributed by atoms with Crippen molar-refractivity contribution >= 4 is 16.9 Å². The summed E-state index contributed by atoms with van der Waals surface area (Å²) in [4.78, 5) is 11.3. The zero-order valence-electron chi connectivity index (χ0n) is 11.7. The van der Waals surface area contributed by atoms with Gasteiger partial charge in [0.1, 0.15) is 0 Å². The highest BCUT2D eigenvalue weighted by atomic mass is 32.2. The van der Waals surface area contributed by atoms with Gasteiger partial charge in [-0.05, 0) is 12.5 Å². The second kappa shape index (κ2) is 7.22. The summed E-state index contributed by atoms with van der Waals surface area (Å²) in [5, 5.41) is 9.66. The first-order valence-corrected chi connectivity index (χ1v) is 7.60. The van der Waals surface area contributed by atoms with Crippen LogP contribution in [0.5, 0.6) is 0 Å². The Balaban J connectivity index is 1.99. The third kappa shape index (κ3) is 4.31. The van der Waals surface area contributed by atoms with E-state index in [0.29, 0.717) is 13.0 Å². The third-order valence-corrected chi connectivity index (χ3v) is 4.53. The normalized spacial score (nSPS) is 30.1. The zero-order valence-corrected chi connectivity index (χ0v) is 12.5. The molecule has 4 atom stereocenters. The van der Waals surface area contributed by atoms with Crippen molar-refractivity contribution in [3.8, 4) is 0 Å². The van der Waals surface area contributed by atoms with E-state index < -0.39 is 6.29 Å². The SMILES string of the molecule is CC(=O)S[C@H]1[C@@H](OCc2ccccc2)CC(O)O[C@@H]1C. The summed E-state index contributed by atoms with van der Waals surface area (Å²) in [7, 11) is 0. The molecule has 0 spiro atoms. The van der Waals surface area contributed by atoms with Crippen molar-refractivity contribution < 1.29 is 19.4 Å². The van der Waals surface area contributed by atoms with Gasteiger partial charge < -0.3 is 14.6 Å². The van der Waals surface area contributed by atoms with Crippen LogP contribution < -0.4 is 0 Å². The maximum atomic E-state index is 11.3. The van der Waals surface area contributed by atoms with Gasteiger partial charge in [-0.1, -0.05) is 42.1 Å². The summed E-state index contributed by atoms with van der Waals surface area (Å²) in [6.45, 7) is 3.87. The topological polar surface area (TPSA) is 55.8 Å². The molecule has 1 N–H and O–H groups in total. The number of rotatable bonds is 4. The maximum absolute atomic E-state index is 11.3. The first kappa shape index (κ1) is 15.5. The lowest BCUT2D eigenvalue weighted by Crippen LogP contribution is -2.46. The molecule has 0 radical (unpaired) electrons. The van der Waals surface area contributed by atoms with Crippen LogP contribution in [0.2, 0.25) is 0 Å². The van der Waals surface area contributed by atoms with E-state index in [1.165, 1.54) is 18.7 Å². The van der Waals surface area contributed by atoms with Gasteiger partial charge in [-0.25, -0.2) is 0 Å². The van der Waals surface area contributed by atoms with Gasteiger partial charge in [0.2, 0.25) is 0 Å². The second-order valence-corrected chi connectivity index (χ2v) is 6.30. The largest absolute Gasteiger partial charge is 0.372 e. The molecule has 1 aromatic carbocycles. The molecule has 0 aromatic heterocycles. The molecule has 4 nitrogen and oxygen atoms in total. The van der Waals surface area contributed by atoms with Gasteiger partial charge in [0.15, 0.2) is 11.4 Å². The smallest absolute Gasteiger partial charge is 0.186 e. The Bertz CT molecular complexity index is 437. The monoisotopic (exact) mass is 296 g/mol. The van der Waals surface area contributed by atoms with E-state index >= 15 is 0 Å². The van der Waals surface area contributed by atoms with Crippen LogP contribution >= 0.6 is 11.8 Å². The van der Waals surface area contributed by atoms with Gasteiger partial charge in [-0.15, -0.1) is 0 Å². The van der Waals surface area contributed by atoms with Gasteiger partial charge in [0, 0.05) is 13.3 Å². The first-order valence-electron chi connectivity index (χ1n) is 6.72. The van der Waals surface area contributed by atoms with Crippen molar-refractivity contribution in [3.05, 3.63) is 35.9 Å². The van der Waals surface area contributed by atoms with Gasteiger partial charge in [-0.3, -0.25) is 4.79 Å². The molecule has 110 valence electrons. The zero-order chi connectivity index (χ0) is 14.5. The Morgan fingerprint density at radius 1 is 1.45 bits per heavy atom. The molecule has 1 aromatic rings. The molecular formula is C15H20O4S. The third-order valence-electron chi connectivity index (χ3n) is 3.24. The predicted octanol–water partition coefficient (Wildman–Crippen LogP) is 2.35. The fraction of sp³-hybridized carbons (Fsp3) is 0.533. The van der Waals surface area contributed by atoms with E-state index in [-0.39, 0.29) is 22.6 Å². The molecule has 5 heteroatoms. The molecule has 0 aliphatic carbocycles. The van der Waals surface area contributed by atoms with Crippen LogP contribution in [0.3, 0.4) is 0 Å². The number of aliphatic hydroxyl groups excluding tert-OH is 1. The number of thioether (sulfide) groups is 1. The summed E-state index contributed by atoms with van der Waals surface area (Å²) in [6.07, 6.45) is -0.840. The Hall–Kier alpha value is -0.880. The highest BCUT2D eigenvalue weighted by Gasteiger charge is 2.37. The Morgan fingerprint density at radius 3 is 2.80 bits per heavy atom. The van der Waals surface area contributed by atoms with E-state index in [0.717, 1.165) is 5.56 Å². The molecule has 0 saturated carbocycles. The summed E-state index contributed by atoms with van der Waals surface area (Å²) in [5.74, 6) is 0. The minimum atomic E-state index is -0.824. The molecule has 1 saturated heterocycles. The van der Waals surface area contributed by atoms with Gasteiger partial charge in [0.05, 0.1) is 24.1 Å². The average Bonchev–Trinajstić information content (AvgIpc) is 2.40. The molecule has 1 aliphatic rings.